The topological polar surface area (TPSA) is 71.1 Å². The number of carbonyl (C=O) groups is 1. The van der Waals surface area contributed by atoms with Crippen LogP contribution in [0.3, 0.4) is 0 Å². The van der Waals surface area contributed by atoms with E-state index in [0.29, 0.717) is 44.5 Å². The van der Waals surface area contributed by atoms with E-state index < -0.39 is 6.04 Å². The summed E-state index contributed by atoms with van der Waals surface area (Å²) in [7, 11) is 0. The lowest BCUT2D eigenvalue weighted by atomic mass is 9.94. The molecule has 0 unspecified atom stereocenters. The number of benzene rings is 1. The van der Waals surface area contributed by atoms with Crippen molar-refractivity contribution in [3.63, 3.8) is 0 Å². The van der Waals surface area contributed by atoms with Gasteiger partial charge in [0.15, 0.2) is 4.80 Å². The number of thiazole rings is 1. The van der Waals surface area contributed by atoms with Crippen molar-refractivity contribution in [3.8, 4) is 0 Å². The van der Waals surface area contributed by atoms with Gasteiger partial charge in [-0.2, -0.15) is 0 Å². The molecular weight excluding hydrogens is 588 g/mol. The van der Waals surface area contributed by atoms with Crippen molar-refractivity contribution in [3.05, 3.63) is 82.1 Å². The summed E-state index contributed by atoms with van der Waals surface area (Å²) >= 11 is 11.1. The standard InChI is InChI=1S/C28H30BrClN4O3S/c1-4-32(5-2)26(36)23-17(3)31-28-34(24(23)18-9-11-19(30)12-10-18)25(35)22(38-28)16-20-15-21(29)27(37-20)33-13-7-6-8-14-33/h9-12,15-16,24H,4-8,13-14H2,1-3H3/b22-16+/t24-/m1/s1. The highest BCUT2D eigenvalue weighted by Gasteiger charge is 2.34. The number of halogens is 2. The smallest absolute Gasteiger partial charge is 0.271 e. The van der Waals surface area contributed by atoms with E-state index in [0.717, 1.165) is 41.9 Å². The molecule has 0 spiro atoms. The largest absolute Gasteiger partial charge is 0.440 e. The Hall–Kier alpha value is -2.62. The molecule has 0 aliphatic carbocycles. The first kappa shape index (κ1) is 27.0. The third-order valence-corrected chi connectivity index (χ3v) is 8.90. The molecule has 1 aromatic carbocycles. The van der Waals surface area contributed by atoms with Crippen LogP contribution in [0.5, 0.6) is 0 Å². The average molecular weight is 618 g/mol. The third kappa shape index (κ3) is 5.03. The summed E-state index contributed by atoms with van der Waals surface area (Å²) in [4.78, 5) is 36.8. The highest BCUT2D eigenvalue weighted by Crippen LogP contribution is 2.33. The molecule has 2 aromatic heterocycles. The number of hydrogen-bond donors (Lipinski definition) is 0. The number of piperidine rings is 1. The second-order valence-electron chi connectivity index (χ2n) is 9.46. The van der Waals surface area contributed by atoms with Crippen LogP contribution in [0.15, 0.2) is 60.3 Å². The number of furan rings is 1. The minimum absolute atomic E-state index is 0.119. The number of fused-ring (bicyclic) bond motifs is 1. The van der Waals surface area contributed by atoms with E-state index in [1.165, 1.54) is 17.8 Å². The van der Waals surface area contributed by atoms with Crippen molar-refractivity contribution in [1.82, 2.24) is 9.47 Å². The summed E-state index contributed by atoms with van der Waals surface area (Å²) in [6.07, 6.45) is 5.28. The van der Waals surface area contributed by atoms with E-state index in [1.807, 2.05) is 39.0 Å². The van der Waals surface area contributed by atoms with E-state index in [2.05, 4.69) is 20.8 Å². The first-order valence-electron chi connectivity index (χ1n) is 12.9. The number of carbonyl (C=O) groups excluding carboxylic acids is 1. The number of anilines is 1. The lowest BCUT2D eigenvalue weighted by Crippen LogP contribution is -2.43. The van der Waals surface area contributed by atoms with E-state index in [4.69, 9.17) is 21.0 Å². The number of nitrogens with zero attached hydrogens (tertiary/aromatic N) is 4. The molecule has 0 bridgehead atoms. The monoisotopic (exact) mass is 616 g/mol. The molecule has 3 aromatic rings. The zero-order valence-electron chi connectivity index (χ0n) is 21.7. The van der Waals surface area contributed by atoms with Crippen molar-refractivity contribution >= 4 is 56.7 Å². The van der Waals surface area contributed by atoms with Crippen molar-refractivity contribution < 1.29 is 9.21 Å². The molecule has 7 nitrogen and oxygen atoms in total. The molecule has 200 valence electrons. The van der Waals surface area contributed by atoms with E-state index >= 15 is 0 Å². The maximum atomic E-state index is 13.9. The number of aromatic nitrogens is 1. The molecule has 0 N–H and O–H groups in total. The number of hydrogen-bond acceptors (Lipinski definition) is 6. The highest BCUT2D eigenvalue weighted by atomic mass is 79.9. The van der Waals surface area contributed by atoms with Crippen LogP contribution in [0.4, 0.5) is 5.88 Å². The van der Waals surface area contributed by atoms with E-state index in [-0.39, 0.29) is 11.5 Å². The predicted molar refractivity (Wildman–Crippen MR) is 156 cm³/mol. The predicted octanol–water partition coefficient (Wildman–Crippen LogP) is 5.10. The van der Waals surface area contributed by atoms with Crippen molar-refractivity contribution in [1.29, 1.82) is 0 Å². The minimum atomic E-state index is -0.606. The summed E-state index contributed by atoms with van der Waals surface area (Å²) in [5.74, 6) is 1.28. The fraction of sp³-hybridized carbons (Fsp3) is 0.393. The second kappa shape index (κ2) is 11.2. The summed E-state index contributed by atoms with van der Waals surface area (Å²) in [5, 5.41) is 0.589. The van der Waals surface area contributed by atoms with Crippen LogP contribution in [0.25, 0.3) is 6.08 Å². The number of allylic oxidation sites excluding steroid dienone is 1. The van der Waals surface area contributed by atoms with Crippen molar-refractivity contribution in [2.24, 2.45) is 4.99 Å². The van der Waals surface area contributed by atoms with Gasteiger partial charge in [-0.3, -0.25) is 14.2 Å². The number of likely N-dealkylation sites (N-methyl/N-ethyl adjacent to an activating group) is 1. The highest BCUT2D eigenvalue weighted by molar-refractivity contribution is 9.10. The van der Waals surface area contributed by atoms with Gasteiger partial charge in [-0.1, -0.05) is 35.1 Å². The van der Waals surface area contributed by atoms with Crippen LogP contribution < -0.4 is 19.8 Å². The first-order chi connectivity index (χ1) is 18.3. The van der Waals surface area contributed by atoms with Crippen LogP contribution in [-0.2, 0) is 4.79 Å². The van der Waals surface area contributed by atoms with E-state index in [9.17, 15) is 9.59 Å². The number of rotatable bonds is 6. The molecule has 1 atom stereocenters. The molecule has 1 amide bonds. The average Bonchev–Trinajstić information content (AvgIpc) is 3.43. The van der Waals surface area contributed by atoms with Crippen molar-refractivity contribution in [2.75, 3.05) is 31.1 Å². The first-order valence-corrected chi connectivity index (χ1v) is 14.9. The maximum absolute atomic E-state index is 13.9. The van der Waals surface area contributed by atoms with E-state index in [1.54, 1.807) is 27.7 Å². The SMILES string of the molecule is CCN(CC)C(=O)C1=C(C)N=c2s/c(=C/c3cc(Br)c(N4CCCCC4)o3)c(=O)n2[C@@H]1c1ccc(Cl)cc1. The Morgan fingerprint density at radius 2 is 1.89 bits per heavy atom. The fourth-order valence-electron chi connectivity index (χ4n) is 5.13. The van der Waals surface area contributed by atoms with Gasteiger partial charge in [0.05, 0.1) is 26.3 Å². The Bertz CT molecular complexity index is 1560. The minimum Gasteiger partial charge on any atom is -0.440 e. The molecule has 0 saturated carbocycles. The van der Waals surface area contributed by atoms with Crippen LogP contribution in [0.1, 0.15) is 57.4 Å². The zero-order valence-corrected chi connectivity index (χ0v) is 24.8. The van der Waals surface area contributed by atoms with Crippen LogP contribution in [0.2, 0.25) is 5.02 Å². The lowest BCUT2D eigenvalue weighted by molar-refractivity contribution is -0.127. The summed E-state index contributed by atoms with van der Waals surface area (Å²) in [6, 6.07) is 8.60. The Labute approximate surface area is 238 Å². The van der Waals surface area contributed by atoms with Gasteiger partial charge >= 0.3 is 0 Å². The van der Waals surface area contributed by atoms with Crippen molar-refractivity contribution in [2.45, 2.75) is 46.1 Å². The van der Waals surface area contributed by atoms with Gasteiger partial charge in [0.1, 0.15) is 5.76 Å². The van der Waals surface area contributed by atoms with Gasteiger partial charge in [-0.05, 0) is 73.7 Å². The van der Waals surface area contributed by atoms with Gasteiger partial charge in [0, 0.05) is 43.3 Å². The molecule has 0 radical (unpaired) electrons. The summed E-state index contributed by atoms with van der Waals surface area (Å²) in [5.41, 5.74) is 1.71. The lowest BCUT2D eigenvalue weighted by Gasteiger charge is -2.29. The van der Waals surface area contributed by atoms with Crippen LogP contribution in [-0.4, -0.2) is 41.6 Å². The Morgan fingerprint density at radius 1 is 1.21 bits per heavy atom. The second-order valence-corrected chi connectivity index (χ2v) is 11.8. The molecule has 2 aliphatic heterocycles. The van der Waals surface area contributed by atoms with Gasteiger partial charge in [-0.15, -0.1) is 0 Å². The summed E-state index contributed by atoms with van der Waals surface area (Å²) in [6.45, 7) is 8.78. The maximum Gasteiger partial charge on any atom is 0.271 e. The summed E-state index contributed by atoms with van der Waals surface area (Å²) < 4.78 is 9.18. The van der Waals surface area contributed by atoms with Crippen LogP contribution in [0, 0.1) is 0 Å². The Morgan fingerprint density at radius 3 is 2.55 bits per heavy atom. The Balaban J connectivity index is 1.63. The van der Waals surface area contributed by atoms with Crippen LogP contribution >= 0.6 is 38.9 Å². The number of amides is 1. The van der Waals surface area contributed by atoms with Gasteiger partial charge in [0.2, 0.25) is 5.88 Å². The molecule has 1 fully saturated rings. The molecule has 1 saturated heterocycles. The Kier molecular flexibility index (Phi) is 7.98. The van der Waals surface area contributed by atoms with Gasteiger partial charge in [-0.25, -0.2) is 4.99 Å². The fourth-order valence-corrected chi connectivity index (χ4v) is 6.84. The van der Waals surface area contributed by atoms with Gasteiger partial charge in [0.25, 0.3) is 11.5 Å². The normalized spacial score (nSPS) is 18.0. The molecule has 4 heterocycles. The van der Waals surface area contributed by atoms with Gasteiger partial charge < -0.3 is 14.2 Å². The molecule has 5 rings (SSSR count). The zero-order chi connectivity index (χ0) is 27.0. The molecule has 38 heavy (non-hydrogen) atoms. The molecular formula is C28H30BrClN4O3S. The third-order valence-electron chi connectivity index (χ3n) is 7.09. The quantitative estimate of drug-likeness (QED) is 0.386. The molecule has 2 aliphatic rings. The molecule has 10 heteroatoms.